The van der Waals surface area contributed by atoms with Crippen LogP contribution in [0.15, 0.2) is 91.0 Å². The second-order valence-corrected chi connectivity index (χ2v) is 15.3. The highest BCUT2D eigenvalue weighted by Crippen LogP contribution is 2.42. The molecule has 7 heteroatoms. The van der Waals surface area contributed by atoms with Crippen molar-refractivity contribution < 1.29 is 26.8 Å². The molecule has 0 N–H and O–H groups in total. The molecular weight excluding hydrogens is 621 g/mol. The molecule has 4 rings (SSSR count). The van der Waals surface area contributed by atoms with Gasteiger partial charge in [0, 0.05) is 0 Å². The fourth-order valence-corrected chi connectivity index (χ4v) is 7.58. The quantitative estimate of drug-likeness (QED) is 0.0599. The van der Waals surface area contributed by atoms with Crippen LogP contribution in [0.4, 0.5) is 0 Å². The van der Waals surface area contributed by atoms with E-state index in [1.807, 2.05) is 105 Å². The first-order valence-electron chi connectivity index (χ1n) is 18.2. The van der Waals surface area contributed by atoms with Gasteiger partial charge in [-0.15, -0.1) is 0 Å². The predicted molar refractivity (Wildman–Crippen MR) is 194 cm³/mol. The molecule has 0 saturated carbocycles. The van der Waals surface area contributed by atoms with E-state index < -0.39 is 33.7 Å². The fourth-order valence-electron chi connectivity index (χ4n) is 6.97. The van der Waals surface area contributed by atoms with Gasteiger partial charge in [-0.2, -0.15) is 8.42 Å². The van der Waals surface area contributed by atoms with E-state index in [9.17, 15) is 8.42 Å². The molecule has 0 aromatic heterocycles. The van der Waals surface area contributed by atoms with Crippen molar-refractivity contribution in [3.63, 3.8) is 0 Å². The molecule has 1 fully saturated rings. The molecule has 0 aliphatic carbocycles. The Kier molecular flexibility index (Phi) is 15.1. The van der Waals surface area contributed by atoms with Crippen LogP contribution >= 0.6 is 0 Å². The molecule has 6 nitrogen and oxygen atoms in total. The van der Waals surface area contributed by atoms with Crippen LogP contribution in [-0.4, -0.2) is 45.4 Å². The minimum absolute atomic E-state index is 0.0369. The molecule has 48 heavy (non-hydrogen) atoms. The summed E-state index contributed by atoms with van der Waals surface area (Å²) in [5.74, 6) is -0.874. The molecule has 1 aliphatic heterocycles. The lowest BCUT2D eigenvalue weighted by molar-refractivity contribution is -0.159. The lowest BCUT2D eigenvalue weighted by atomic mass is 9.80. The third-order valence-corrected chi connectivity index (χ3v) is 9.83. The summed E-state index contributed by atoms with van der Waals surface area (Å²) in [6.07, 6.45) is 15.2. The van der Waals surface area contributed by atoms with Crippen molar-refractivity contribution in [3.8, 4) is 0 Å². The van der Waals surface area contributed by atoms with Crippen LogP contribution in [0.5, 0.6) is 0 Å². The van der Waals surface area contributed by atoms with E-state index in [2.05, 4.69) is 6.92 Å². The van der Waals surface area contributed by atoms with Crippen LogP contribution in [0.25, 0.3) is 0 Å². The molecule has 0 radical (unpaired) electrons. The summed E-state index contributed by atoms with van der Waals surface area (Å²) in [5.41, 5.74) is 1.76. The maximum atomic E-state index is 12.7. The van der Waals surface area contributed by atoms with Crippen LogP contribution in [0.3, 0.4) is 0 Å². The van der Waals surface area contributed by atoms with E-state index in [1.165, 1.54) is 64.2 Å². The maximum Gasteiger partial charge on any atom is 0.264 e. The van der Waals surface area contributed by atoms with Crippen molar-refractivity contribution >= 4 is 10.1 Å². The molecule has 3 aromatic carbocycles. The maximum absolute atomic E-state index is 12.7. The summed E-state index contributed by atoms with van der Waals surface area (Å²) in [6.45, 7) is 5.98. The third-order valence-electron chi connectivity index (χ3n) is 9.23. The summed E-state index contributed by atoms with van der Waals surface area (Å²) in [7, 11) is -3.85. The predicted octanol–water partition coefficient (Wildman–Crippen LogP) is 9.95. The van der Waals surface area contributed by atoms with Gasteiger partial charge in [-0.1, -0.05) is 175 Å². The summed E-state index contributed by atoms with van der Waals surface area (Å²) < 4.78 is 51.0. The molecule has 3 atom stereocenters. The van der Waals surface area contributed by atoms with Gasteiger partial charge in [-0.3, -0.25) is 4.18 Å². The largest absolute Gasteiger partial charge is 0.358 e. The van der Waals surface area contributed by atoms with E-state index in [-0.39, 0.29) is 12.7 Å². The highest BCUT2D eigenvalue weighted by Gasteiger charge is 2.48. The zero-order valence-electron chi connectivity index (χ0n) is 29.6. The standard InChI is InChI=1S/C41H58O6S/c1-5-6-7-8-9-10-11-12-13-14-15-25-32-37-39(46-40(2,3)45-37)38(47-48(4,42)43)33-44-41(34-26-19-16-20-27-34,35-28-21-17-22-29-35)36-30-23-18-24-31-36/h16-24,26-31,37-39H,5-15,25,32-33H2,1-4H3/t37-,38+,39+/m0/s1. The first kappa shape index (κ1) is 38.3. The fraction of sp³-hybridized carbons (Fsp3) is 0.561. The van der Waals surface area contributed by atoms with Crippen LogP contribution in [0, 0.1) is 0 Å². The Morgan fingerprint density at radius 2 is 1.08 bits per heavy atom. The highest BCUT2D eigenvalue weighted by molar-refractivity contribution is 7.86. The monoisotopic (exact) mass is 678 g/mol. The van der Waals surface area contributed by atoms with Crippen molar-refractivity contribution in [1.82, 2.24) is 0 Å². The average Bonchev–Trinajstić information content (AvgIpc) is 3.39. The molecule has 0 amide bonds. The van der Waals surface area contributed by atoms with Crippen LogP contribution in [0.2, 0.25) is 0 Å². The number of benzene rings is 3. The SMILES string of the molecule is CCCCCCCCCCCCCC[C@@H]1OC(C)(C)O[C@H]1[C@@H](COC(c1ccccc1)(c1ccccc1)c1ccccc1)OS(C)(=O)=O. The Hall–Kier alpha value is -2.55. The zero-order chi connectivity index (χ0) is 34.3. The van der Waals surface area contributed by atoms with Gasteiger partial charge in [0.25, 0.3) is 10.1 Å². The first-order chi connectivity index (χ1) is 23.1. The van der Waals surface area contributed by atoms with E-state index in [0.717, 1.165) is 42.2 Å². The van der Waals surface area contributed by atoms with Gasteiger partial charge in [0.2, 0.25) is 0 Å². The Bertz CT molecular complexity index is 1310. The summed E-state index contributed by atoms with van der Waals surface area (Å²) >= 11 is 0. The summed E-state index contributed by atoms with van der Waals surface area (Å²) in [5, 5.41) is 0. The number of hydrogen-bond donors (Lipinski definition) is 0. The highest BCUT2D eigenvalue weighted by atomic mass is 32.2. The van der Waals surface area contributed by atoms with E-state index in [0.29, 0.717) is 0 Å². The second-order valence-electron chi connectivity index (χ2n) is 13.7. The molecule has 3 aromatic rings. The third kappa shape index (κ3) is 11.5. The minimum atomic E-state index is -3.85. The molecule has 1 heterocycles. The molecule has 264 valence electrons. The van der Waals surface area contributed by atoms with Crippen molar-refractivity contribution in [3.05, 3.63) is 108 Å². The van der Waals surface area contributed by atoms with Gasteiger partial charge in [-0.25, -0.2) is 0 Å². The zero-order valence-corrected chi connectivity index (χ0v) is 30.5. The smallest absolute Gasteiger partial charge is 0.264 e. The van der Waals surface area contributed by atoms with E-state index in [4.69, 9.17) is 18.4 Å². The number of ether oxygens (including phenoxy) is 3. The Morgan fingerprint density at radius 1 is 0.667 bits per heavy atom. The van der Waals surface area contributed by atoms with Gasteiger partial charge in [0.1, 0.15) is 17.8 Å². The lowest BCUT2D eigenvalue weighted by Crippen LogP contribution is -2.44. The topological polar surface area (TPSA) is 71.1 Å². The number of hydrogen-bond acceptors (Lipinski definition) is 6. The van der Waals surface area contributed by atoms with Crippen molar-refractivity contribution in [2.45, 2.75) is 134 Å². The van der Waals surface area contributed by atoms with Gasteiger partial charge in [0.05, 0.1) is 19.0 Å². The number of unbranched alkanes of at least 4 members (excludes halogenated alkanes) is 11. The minimum Gasteiger partial charge on any atom is -0.358 e. The van der Waals surface area contributed by atoms with Gasteiger partial charge in [-0.05, 0) is 37.0 Å². The molecule has 1 saturated heterocycles. The summed E-state index contributed by atoms with van der Waals surface area (Å²) in [4.78, 5) is 0. The van der Waals surface area contributed by atoms with Gasteiger partial charge in [0.15, 0.2) is 5.79 Å². The second kappa shape index (κ2) is 19.0. The lowest BCUT2D eigenvalue weighted by Gasteiger charge is -2.38. The molecule has 0 unspecified atom stereocenters. The van der Waals surface area contributed by atoms with Crippen LogP contribution < -0.4 is 0 Å². The normalized spacial score (nSPS) is 18.6. The van der Waals surface area contributed by atoms with E-state index in [1.54, 1.807) is 0 Å². The number of rotatable bonds is 22. The van der Waals surface area contributed by atoms with Crippen molar-refractivity contribution in [2.24, 2.45) is 0 Å². The van der Waals surface area contributed by atoms with Crippen molar-refractivity contribution in [2.75, 3.05) is 12.9 Å². The van der Waals surface area contributed by atoms with E-state index >= 15 is 0 Å². The molecular formula is C41H58O6S. The Balaban J connectivity index is 1.48. The molecule has 1 aliphatic rings. The van der Waals surface area contributed by atoms with Crippen molar-refractivity contribution in [1.29, 1.82) is 0 Å². The average molecular weight is 679 g/mol. The van der Waals surface area contributed by atoms with Gasteiger partial charge < -0.3 is 14.2 Å². The van der Waals surface area contributed by atoms with Crippen LogP contribution in [-0.2, 0) is 34.1 Å². The molecule has 0 spiro atoms. The Morgan fingerprint density at radius 3 is 1.50 bits per heavy atom. The Labute approximate surface area is 290 Å². The first-order valence-corrected chi connectivity index (χ1v) is 20.0. The molecule has 0 bridgehead atoms. The van der Waals surface area contributed by atoms with Crippen LogP contribution in [0.1, 0.15) is 121 Å². The summed E-state index contributed by atoms with van der Waals surface area (Å²) in [6, 6.07) is 30.1. The van der Waals surface area contributed by atoms with Gasteiger partial charge >= 0.3 is 0 Å².